The predicted octanol–water partition coefficient (Wildman–Crippen LogP) is 3.60. The summed E-state index contributed by atoms with van der Waals surface area (Å²) < 4.78 is 0. The zero-order chi connectivity index (χ0) is 20.6. The molecule has 1 N–H and O–H groups in total. The predicted molar refractivity (Wildman–Crippen MR) is 122 cm³/mol. The van der Waals surface area contributed by atoms with Crippen LogP contribution in [0.2, 0.25) is 0 Å². The fourth-order valence-electron chi connectivity index (χ4n) is 3.91. The standard InChI is InChI=1S/C24H34N4O/c1-4-27(5-2)22-11-12-23(20(3)17-22)25-18-24(29)28-15-13-26(14-16-28)19-21-9-7-6-8-10-21/h6-12,17,25H,4-5,13-16,18-19H2,1-3H3. The summed E-state index contributed by atoms with van der Waals surface area (Å²) in [6.45, 7) is 13.2. The highest BCUT2D eigenvalue weighted by Crippen LogP contribution is 2.22. The van der Waals surface area contributed by atoms with Gasteiger partial charge < -0.3 is 15.1 Å². The second-order valence-electron chi connectivity index (χ2n) is 7.67. The zero-order valence-electron chi connectivity index (χ0n) is 18.0. The van der Waals surface area contributed by atoms with Crippen LogP contribution in [0.3, 0.4) is 0 Å². The molecule has 2 aromatic carbocycles. The van der Waals surface area contributed by atoms with Gasteiger partial charge in [0, 0.05) is 57.2 Å². The fraction of sp³-hybridized carbons (Fsp3) is 0.458. The van der Waals surface area contributed by atoms with Crippen LogP contribution in [-0.4, -0.2) is 61.5 Å². The first-order valence-corrected chi connectivity index (χ1v) is 10.7. The van der Waals surface area contributed by atoms with E-state index in [0.29, 0.717) is 6.54 Å². The first-order valence-electron chi connectivity index (χ1n) is 10.7. The van der Waals surface area contributed by atoms with Crippen molar-refractivity contribution >= 4 is 17.3 Å². The number of piperazine rings is 1. The molecule has 0 spiro atoms. The molecule has 156 valence electrons. The third-order valence-electron chi connectivity index (χ3n) is 5.74. The van der Waals surface area contributed by atoms with E-state index in [1.807, 2.05) is 11.0 Å². The highest BCUT2D eigenvalue weighted by atomic mass is 16.2. The number of benzene rings is 2. The monoisotopic (exact) mass is 394 g/mol. The van der Waals surface area contributed by atoms with Crippen LogP contribution in [0, 0.1) is 6.92 Å². The lowest BCUT2D eigenvalue weighted by atomic mass is 10.1. The molecule has 5 nitrogen and oxygen atoms in total. The summed E-state index contributed by atoms with van der Waals surface area (Å²) in [4.78, 5) is 19.4. The molecule has 0 aliphatic carbocycles. The van der Waals surface area contributed by atoms with E-state index < -0.39 is 0 Å². The Labute approximate surface area is 175 Å². The lowest BCUT2D eigenvalue weighted by molar-refractivity contribution is -0.131. The molecule has 1 fully saturated rings. The van der Waals surface area contributed by atoms with Gasteiger partial charge in [-0.25, -0.2) is 0 Å². The molecule has 0 radical (unpaired) electrons. The van der Waals surface area contributed by atoms with E-state index in [-0.39, 0.29) is 5.91 Å². The van der Waals surface area contributed by atoms with Crippen LogP contribution < -0.4 is 10.2 Å². The van der Waals surface area contributed by atoms with Gasteiger partial charge in [-0.2, -0.15) is 0 Å². The van der Waals surface area contributed by atoms with E-state index in [2.05, 4.69) is 78.4 Å². The molecule has 0 atom stereocenters. The minimum Gasteiger partial charge on any atom is -0.376 e. The maximum atomic E-state index is 12.7. The van der Waals surface area contributed by atoms with E-state index in [4.69, 9.17) is 0 Å². The van der Waals surface area contributed by atoms with E-state index in [1.165, 1.54) is 16.8 Å². The number of carbonyl (C=O) groups is 1. The van der Waals surface area contributed by atoms with Gasteiger partial charge in [-0.1, -0.05) is 30.3 Å². The number of anilines is 2. The topological polar surface area (TPSA) is 38.8 Å². The quantitative estimate of drug-likeness (QED) is 0.743. The zero-order valence-corrected chi connectivity index (χ0v) is 18.0. The summed E-state index contributed by atoms with van der Waals surface area (Å²) in [5.41, 5.74) is 4.78. The third kappa shape index (κ3) is 5.73. The van der Waals surface area contributed by atoms with Gasteiger partial charge >= 0.3 is 0 Å². The number of nitrogens with zero attached hydrogens (tertiary/aromatic N) is 3. The van der Waals surface area contributed by atoms with Crippen LogP contribution in [0.4, 0.5) is 11.4 Å². The summed E-state index contributed by atoms with van der Waals surface area (Å²) in [5.74, 6) is 0.177. The van der Waals surface area contributed by atoms with E-state index in [1.54, 1.807) is 0 Å². The lowest BCUT2D eigenvalue weighted by Gasteiger charge is -2.35. The minimum absolute atomic E-state index is 0.177. The average Bonchev–Trinajstić information content (AvgIpc) is 2.75. The summed E-state index contributed by atoms with van der Waals surface area (Å²) in [6, 6.07) is 17.0. The van der Waals surface area contributed by atoms with Crippen molar-refractivity contribution in [1.82, 2.24) is 9.80 Å². The van der Waals surface area contributed by atoms with Crippen LogP contribution in [0.5, 0.6) is 0 Å². The van der Waals surface area contributed by atoms with Gasteiger partial charge in [-0.05, 0) is 50.1 Å². The van der Waals surface area contributed by atoms with Gasteiger partial charge in [0.1, 0.15) is 0 Å². The van der Waals surface area contributed by atoms with Crippen molar-refractivity contribution in [1.29, 1.82) is 0 Å². The van der Waals surface area contributed by atoms with E-state index in [9.17, 15) is 4.79 Å². The minimum atomic E-state index is 0.177. The van der Waals surface area contributed by atoms with Gasteiger partial charge in [0.25, 0.3) is 0 Å². The second kappa shape index (κ2) is 10.3. The molecule has 29 heavy (non-hydrogen) atoms. The molecule has 0 unspecified atom stereocenters. The molecular weight excluding hydrogens is 360 g/mol. The molecule has 3 rings (SSSR count). The van der Waals surface area contributed by atoms with Crippen LogP contribution in [0.25, 0.3) is 0 Å². The molecule has 0 bridgehead atoms. The number of aryl methyl sites for hydroxylation is 1. The van der Waals surface area contributed by atoms with Crippen molar-refractivity contribution in [3.8, 4) is 0 Å². The van der Waals surface area contributed by atoms with Crippen molar-refractivity contribution in [3.63, 3.8) is 0 Å². The Balaban J connectivity index is 1.46. The molecule has 0 aromatic heterocycles. The van der Waals surface area contributed by atoms with Crippen LogP contribution in [-0.2, 0) is 11.3 Å². The number of hydrogen-bond donors (Lipinski definition) is 1. The largest absolute Gasteiger partial charge is 0.376 e. The third-order valence-corrected chi connectivity index (χ3v) is 5.74. The fourth-order valence-corrected chi connectivity index (χ4v) is 3.91. The normalized spacial score (nSPS) is 14.7. The van der Waals surface area contributed by atoms with Gasteiger partial charge in [0.15, 0.2) is 0 Å². The number of amides is 1. The summed E-state index contributed by atoms with van der Waals surface area (Å²) in [6.07, 6.45) is 0. The van der Waals surface area contributed by atoms with Crippen molar-refractivity contribution in [3.05, 3.63) is 59.7 Å². The molecule has 2 aromatic rings. The smallest absolute Gasteiger partial charge is 0.241 e. The number of rotatable bonds is 8. The Morgan fingerprint density at radius 2 is 1.69 bits per heavy atom. The maximum absolute atomic E-state index is 12.7. The Morgan fingerprint density at radius 1 is 1.00 bits per heavy atom. The van der Waals surface area contributed by atoms with E-state index >= 15 is 0 Å². The van der Waals surface area contributed by atoms with E-state index in [0.717, 1.165) is 51.5 Å². The summed E-state index contributed by atoms with van der Waals surface area (Å²) >= 11 is 0. The summed E-state index contributed by atoms with van der Waals surface area (Å²) in [5, 5.41) is 3.34. The van der Waals surface area contributed by atoms with Gasteiger partial charge in [0.2, 0.25) is 5.91 Å². The second-order valence-corrected chi connectivity index (χ2v) is 7.67. The van der Waals surface area contributed by atoms with Gasteiger partial charge in [-0.15, -0.1) is 0 Å². The molecule has 5 heteroatoms. The molecule has 1 aliphatic rings. The van der Waals surface area contributed by atoms with Crippen molar-refractivity contribution in [2.45, 2.75) is 27.3 Å². The SMILES string of the molecule is CCN(CC)c1ccc(NCC(=O)N2CCN(Cc3ccccc3)CC2)c(C)c1. The Hall–Kier alpha value is -2.53. The Kier molecular flexibility index (Phi) is 7.53. The number of carbonyl (C=O) groups excluding carboxylic acids is 1. The van der Waals surface area contributed by atoms with Gasteiger partial charge in [-0.3, -0.25) is 9.69 Å². The molecular formula is C24H34N4O. The van der Waals surface area contributed by atoms with Crippen molar-refractivity contribution < 1.29 is 4.79 Å². The summed E-state index contributed by atoms with van der Waals surface area (Å²) in [7, 11) is 0. The lowest BCUT2D eigenvalue weighted by Crippen LogP contribution is -2.49. The molecule has 1 heterocycles. The molecule has 0 saturated carbocycles. The number of hydrogen-bond acceptors (Lipinski definition) is 4. The van der Waals surface area contributed by atoms with Crippen molar-refractivity contribution in [2.24, 2.45) is 0 Å². The highest BCUT2D eigenvalue weighted by molar-refractivity contribution is 5.81. The maximum Gasteiger partial charge on any atom is 0.241 e. The van der Waals surface area contributed by atoms with Crippen LogP contribution >= 0.6 is 0 Å². The molecule has 1 amide bonds. The highest BCUT2D eigenvalue weighted by Gasteiger charge is 2.21. The average molecular weight is 395 g/mol. The molecule has 1 saturated heterocycles. The first-order chi connectivity index (χ1) is 14.1. The Bertz CT molecular complexity index is 781. The van der Waals surface area contributed by atoms with Crippen LogP contribution in [0.1, 0.15) is 25.0 Å². The van der Waals surface area contributed by atoms with Crippen molar-refractivity contribution in [2.75, 3.05) is 56.0 Å². The van der Waals surface area contributed by atoms with Crippen LogP contribution in [0.15, 0.2) is 48.5 Å². The first kappa shape index (κ1) is 21.2. The number of nitrogens with one attached hydrogen (secondary N) is 1. The van der Waals surface area contributed by atoms with Gasteiger partial charge in [0.05, 0.1) is 6.54 Å². The molecule has 1 aliphatic heterocycles. The Morgan fingerprint density at radius 3 is 2.31 bits per heavy atom.